The number of nitrogens with zero attached hydrogens (tertiary/aromatic N) is 1. The number of hydrogen-bond donors (Lipinski definition) is 1. The standard InChI is InChI=1S/C18H26F2N2O/c1-2-21-13-15-8-10-22(11-9-15)18(23)5-3-4-14-6-7-16(19)17(20)12-14/h6-7,12,15,21H,2-5,8-11,13H2,1H3. The first-order valence-corrected chi connectivity index (χ1v) is 8.52. The van der Waals surface area contributed by atoms with E-state index in [-0.39, 0.29) is 5.91 Å². The predicted octanol–water partition coefficient (Wildman–Crippen LogP) is 3.14. The SMILES string of the molecule is CCNCC1CCN(C(=O)CCCc2ccc(F)c(F)c2)CC1. The van der Waals surface area contributed by atoms with Crippen molar-refractivity contribution < 1.29 is 13.6 Å². The Balaban J connectivity index is 1.68. The van der Waals surface area contributed by atoms with Crippen molar-refractivity contribution in [3.05, 3.63) is 35.4 Å². The van der Waals surface area contributed by atoms with E-state index in [0.717, 1.165) is 50.7 Å². The van der Waals surface area contributed by atoms with Crippen molar-refractivity contribution in [2.45, 2.75) is 39.0 Å². The largest absolute Gasteiger partial charge is 0.343 e. The van der Waals surface area contributed by atoms with Gasteiger partial charge in [-0.1, -0.05) is 13.0 Å². The van der Waals surface area contributed by atoms with Crippen molar-refractivity contribution in [3.63, 3.8) is 0 Å². The van der Waals surface area contributed by atoms with Crippen molar-refractivity contribution in [3.8, 4) is 0 Å². The van der Waals surface area contributed by atoms with Crippen molar-refractivity contribution in [1.82, 2.24) is 10.2 Å². The van der Waals surface area contributed by atoms with Gasteiger partial charge in [-0.25, -0.2) is 8.78 Å². The van der Waals surface area contributed by atoms with E-state index in [4.69, 9.17) is 0 Å². The molecular formula is C18H26F2N2O. The molecule has 0 unspecified atom stereocenters. The van der Waals surface area contributed by atoms with Gasteiger partial charge in [0, 0.05) is 19.5 Å². The molecule has 1 heterocycles. The minimum Gasteiger partial charge on any atom is -0.343 e. The summed E-state index contributed by atoms with van der Waals surface area (Å²) in [7, 11) is 0. The monoisotopic (exact) mass is 324 g/mol. The smallest absolute Gasteiger partial charge is 0.222 e. The molecule has 1 saturated heterocycles. The molecule has 1 aliphatic heterocycles. The number of carbonyl (C=O) groups is 1. The Morgan fingerprint density at radius 3 is 2.65 bits per heavy atom. The molecule has 5 heteroatoms. The summed E-state index contributed by atoms with van der Waals surface area (Å²) in [6.07, 6.45) is 3.85. The summed E-state index contributed by atoms with van der Waals surface area (Å²) in [4.78, 5) is 14.1. The van der Waals surface area contributed by atoms with E-state index >= 15 is 0 Å². The first kappa shape index (κ1) is 17.9. The summed E-state index contributed by atoms with van der Waals surface area (Å²) >= 11 is 0. The zero-order chi connectivity index (χ0) is 16.7. The molecule has 0 aliphatic carbocycles. The van der Waals surface area contributed by atoms with Gasteiger partial charge in [0.2, 0.25) is 5.91 Å². The second-order valence-corrected chi connectivity index (χ2v) is 6.23. The quantitative estimate of drug-likeness (QED) is 0.836. The van der Waals surface area contributed by atoms with Crippen LogP contribution in [0.3, 0.4) is 0 Å². The summed E-state index contributed by atoms with van der Waals surface area (Å²) in [6.45, 7) is 5.80. The van der Waals surface area contributed by atoms with Crippen LogP contribution in [0.15, 0.2) is 18.2 Å². The molecule has 23 heavy (non-hydrogen) atoms. The maximum Gasteiger partial charge on any atom is 0.222 e. The fourth-order valence-corrected chi connectivity index (χ4v) is 3.03. The number of aryl methyl sites for hydroxylation is 1. The van der Waals surface area contributed by atoms with Crippen LogP contribution >= 0.6 is 0 Å². The normalized spacial score (nSPS) is 15.9. The lowest BCUT2D eigenvalue weighted by Gasteiger charge is -2.32. The molecule has 1 aliphatic rings. The Kier molecular flexibility index (Phi) is 6.96. The molecule has 0 aromatic heterocycles. The van der Waals surface area contributed by atoms with E-state index in [1.54, 1.807) is 6.07 Å². The van der Waals surface area contributed by atoms with Gasteiger partial charge in [-0.15, -0.1) is 0 Å². The molecule has 1 N–H and O–H groups in total. The van der Waals surface area contributed by atoms with Gasteiger partial charge in [-0.05, 0) is 62.4 Å². The van der Waals surface area contributed by atoms with Gasteiger partial charge in [0.15, 0.2) is 11.6 Å². The Bertz CT molecular complexity index is 514. The van der Waals surface area contributed by atoms with Crippen LogP contribution in [-0.4, -0.2) is 37.0 Å². The first-order chi connectivity index (χ1) is 11.1. The molecule has 0 atom stereocenters. The highest BCUT2D eigenvalue weighted by atomic mass is 19.2. The highest BCUT2D eigenvalue weighted by molar-refractivity contribution is 5.76. The van der Waals surface area contributed by atoms with Crippen LogP contribution in [0, 0.1) is 17.6 Å². The van der Waals surface area contributed by atoms with Gasteiger partial charge >= 0.3 is 0 Å². The summed E-state index contributed by atoms with van der Waals surface area (Å²) in [5.41, 5.74) is 0.737. The highest BCUT2D eigenvalue weighted by Crippen LogP contribution is 2.18. The van der Waals surface area contributed by atoms with E-state index in [1.165, 1.54) is 6.07 Å². The van der Waals surface area contributed by atoms with Crippen molar-refractivity contribution >= 4 is 5.91 Å². The predicted molar refractivity (Wildman–Crippen MR) is 87.1 cm³/mol. The van der Waals surface area contributed by atoms with E-state index < -0.39 is 11.6 Å². The van der Waals surface area contributed by atoms with Gasteiger partial charge in [-0.3, -0.25) is 4.79 Å². The lowest BCUT2D eigenvalue weighted by Crippen LogP contribution is -2.40. The summed E-state index contributed by atoms with van der Waals surface area (Å²) in [5.74, 6) is -0.808. The van der Waals surface area contributed by atoms with Crippen LogP contribution in [0.4, 0.5) is 8.78 Å². The Morgan fingerprint density at radius 2 is 2.00 bits per heavy atom. The van der Waals surface area contributed by atoms with Crippen molar-refractivity contribution in [2.75, 3.05) is 26.2 Å². The van der Waals surface area contributed by atoms with Crippen LogP contribution in [0.2, 0.25) is 0 Å². The fourth-order valence-electron chi connectivity index (χ4n) is 3.03. The number of rotatable bonds is 7. The van der Waals surface area contributed by atoms with Crippen LogP contribution in [0.5, 0.6) is 0 Å². The highest BCUT2D eigenvalue weighted by Gasteiger charge is 2.21. The topological polar surface area (TPSA) is 32.3 Å². The van der Waals surface area contributed by atoms with Crippen LogP contribution in [-0.2, 0) is 11.2 Å². The molecule has 0 radical (unpaired) electrons. The molecule has 128 valence electrons. The van der Waals surface area contributed by atoms with Crippen LogP contribution < -0.4 is 5.32 Å². The fraction of sp³-hybridized carbons (Fsp3) is 0.611. The second-order valence-electron chi connectivity index (χ2n) is 6.23. The number of piperidine rings is 1. The van der Waals surface area contributed by atoms with Gasteiger partial charge in [0.05, 0.1) is 0 Å². The zero-order valence-corrected chi connectivity index (χ0v) is 13.8. The average Bonchev–Trinajstić information content (AvgIpc) is 2.56. The number of halogens is 2. The summed E-state index contributed by atoms with van der Waals surface area (Å²) < 4.78 is 26.0. The maximum absolute atomic E-state index is 13.1. The summed E-state index contributed by atoms with van der Waals surface area (Å²) in [6, 6.07) is 3.93. The van der Waals surface area contributed by atoms with Crippen molar-refractivity contribution in [1.29, 1.82) is 0 Å². The van der Waals surface area contributed by atoms with E-state index in [1.807, 2.05) is 4.90 Å². The minimum atomic E-state index is -0.828. The third-order valence-corrected chi connectivity index (χ3v) is 4.49. The van der Waals surface area contributed by atoms with Crippen LogP contribution in [0.25, 0.3) is 0 Å². The van der Waals surface area contributed by atoms with Gasteiger partial charge in [0.1, 0.15) is 0 Å². The lowest BCUT2D eigenvalue weighted by molar-refractivity contribution is -0.132. The molecule has 0 bridgehead atoms. The number of benzene rings is 1. The molecule has 1 aromatic rings. The lowest BCUT2D eigenvalue weighted by atomic mass is 9.96. The van der Waals surface area contributed by atoms with E-state index in [0.29, 0.717) is 25.2 Å². The van der Waals surface area contributed by atoms with Gasteiger partial charge in [0.25, 0.3) is 0 Å². The van der Waals surface area contributed by atoms with E-state index in [9.17, 15) is 13.6 Å². The van der Waals surface area contributed by atoms with Crippen LogP contribution in [0.1, 0.15) is 38.2 Å². The molecule has 0 saturated carbocycles. The van der Waals surface area contributed by atoms with E-state index in [2.05, 4.69) is 12.2 Å². The number of amides is 1. The molecule has 1 aromatic carbocycles. The van der Waals surface area contributed by atoms with Crippen molar-refractivity contribution in [2.24, 2.45) is 5.92 Å². The summed E-state index contributed by atoms with van der Waals surface area (Å²) in [5, 5.41) is 3.36. The Hall–Kier alpha value is -1.49. The number of likely N-dealkylation sites (tertiary alicyclic amines) is 1. The van der Waals surface area contributed by atoms with Gasteiger partial charge in [-0.2, -0.15) is 0 Å². The number of nitrogens with one attached hydrogen (secondary N) is 1. The molecule has 1 amide bonds. The molecule has 0 spiro atoms. The minimum absolute atomic E-state index is 0.175. The second kappa shape index (κ2) is 8.96. The average molecular weight is 324 g/mol. The third kappa shape index (κ3) is 5.57. The zero-order valence-electron chi connectivity index (χ0n) is 13.8. The Morgan fingerprint density at radius 1 is 1.26 bits per heavy atom. The Labute approximate surface area is 137 Å². The number of hydrogen-bond acceptors (Lipinski definition) is 2. The molecule has 1 fully saturated rings. The third-order valence-electron chi connectivity index (χ3n) is 4.49. The maximum atomic E-state index is 13.1. The first-order valence-electron chi connectivity index (χ1n) is 8.52. The molecule has 3 nitrogen and oxygen atoms in total. The molecular weight excluding hydrogens is 298 g/mol. The molecule has 2 rings (SSSR count). The number of carbonyl (C=O) groups excluding carboxylic acids is 1. The van der Waals surface area contributed by atoms with Gasteiger partial charge < -0.3 is 10.2 Å².